The van der Waals surface area contributed by atoms with Crippen LogP contribution in [0.1, 0.15) is 58.1 Å². The molecule has 0 saturated carbocycles. The highest BCUT2D eigenvalue weighted by Gasteiger charge is 2.51. The number of piperidine rings is 1. The van der Waals surface area contributed by atoms with E-state index in [4.69, 9.17) is 0 Å². The lowest BCUT2D eigenvalue weighted by molar-refractivity contribution is -0.146. The fourth-order valence-corrected chi connectivity index (χ4v) is 7.65. The van der Waals surface area contributed by atoms with Crippen molar-refractivity contribution in [1.29, 1.82) is 0 Å². The van der Waals surface area contributed by atoms with Crippen LogP contribution in [0, 0.1) is 5.41 Å². The topological polar surface area (TPSA) is 137 Å². The van der Waals surface area contributed by atoms with Crippen LogP contribution in [-0.2, 0) is 45.7 Å². The van der Waals surface area contributed by atoms with Gasteiger partial charge >= 0.3 is 0 Å². The van der Waals surface area contributed by atoms with E-state index in [0.717, 1.165) is 27.8 Å². The maximum absolute atomic E-state index is 14.4. The lowest BCUT2D eigenvalue weighted by Crippen LogP contribution is -2.51. The Balaban J connectivity index is 1.08. The molecule has 11 heteroatoms. The second-order valence-corrected chi connectivity index (χ2v) is 13.8. The van der Waals surface area contributed by atoms with Gasteiger partial charge in [0.2, 0.25) is 17.7 Å². The summed E-state index contributed by atoms with van der Waals surface area (Å²) in [7, 11) is 1.88. The van der Waals surface area contributed by atoms with Crippen molar-refractivity contribution >= 4 is 35.1 Å². The zero-order valence-electron chi connectivity index (χ0n) is 28.4. The number of carbonyl (C=O) groups excluding carboxylic acids is 4. The molecule has 2 aromatic heterocycles. The Labute approximate surface area is 291 Å². The van der Waals surface area contributed by atoms with Crippen LogP contribution in [0.15, 0.2) is 85.2 Å². The molecule has 1 atom stereocenters. The van der Waals surface area contributed by atoms with E-state index in [1.165, 1.54) is 0 Å². The zero-order chi connectivity index (χ0) is 34.9. The number of rotatable bonds is 9. The lowest BCUT2D eigenvalue weighted by atomic mass is 9.78. The fraction of sp³-hybridized carbons (Fsp3) is 0.333. The van der Waals surface area contributed by atoms with E-state index in [1.807, 2.05) is 68.6 Å². The molecular formula is C39H41N7O4. The summed E-state index contributed by atoms with van der Waals surface area (Å²) < 4.78 is 0. The van der Waals surface area contributed by atoms with Gasteiger partial charge < -0.3 is 25.8 Å². The van der Waals surface area contributed by atoms with Crippen LogP contribution >= 0.6 is 0 Å². The monoisotopic (exact) mass is 671 g/mol. The molecular weight excluding hydrogens is 630 g/mol. The van der Waals surface area contributed by atoms with Gasteiger partial charge in [-0.2, -0.15) is 0 Å². The van der Waals surface area contributed by atoms with Gasteiger partial charge in [0, 0.05) is 55.2 Å². The summed E-state index contributed by atoms with van der Waals surface area (Å²) in [6, 6.07) is 22.8. The van der Waals surface area contributed by atoms with Crippen molar-refractivity contribution < 1.29 is 19.2 Å². The maximum Gasteiger partial charge on any atom is 0.272 e. The summed E-state index contributed by atoms with van der Waals surface area (Å²) in [6.45, 7) is 3.53. The summed E-state index contributed by atoms with van der Waals surface area (Å²) in [6.07, 6.45) is 5.30. The Bertz CT molecular complexity index is 1960. The Morgan fingerprint density at radius 3 is 2.40 bits per heavy atom. The molecule has 1 spiro atoms. The van der Waals surface area contributed by atoms with E-state index < -0.39 is 10.8 Å². The quantitative estimate of drug-likeness (QED) is 0.244. The van der Waals surface area contributed by atoms with Crippen molar-refractivity contribution in [2.75, 3.05) is 37.3 Å². The molecule has 2 aromatic carbocycles. The summed E-state index contributed by atoms with van der Waals surface area (Å²) in [5, 5.41) is 9.16. The third kappa shape index (κ3) is 6.24. The van der Waals surface area contributed by atoms with Crippen molar-refractivity contribution in [3.8, 4) is 0 Å². The SMILES string of the molecule is CNCc1ccccc1CN(CC(=O)Nc1ccc2c(c1)CC1(C2)C(=O)Nc2ncccc21)C(=O)C1(C)CCN(C(=O)c2ccccn2)CC1. The number of hydrogen-bond donors (Lipinski definition) is 3. The van der Waals surface area contributed by atoms with E-state index in [1.54, 1.807) is 40.4 Å². The van der Waals surface area contributed by atoms with Gasteiger partial charge in [0.05, 0.1) is 5.41 Å². The first-order valence-corrected chi connectivity index (χ1v) is 17.1. The highest BCUT2D eigenvalue weighted by molar-refractivity contribution is 6.06. The first-order chi connectivity index (χ1) is 24.2. The van der Waals surface area contributed by atoms with Gasteiger partial charge in [0.15, 0.2) is 0 Å². The van der Waals surface area contributed by atoms with Crippen LogP contribution in [0.2, 0.25) is 0 Å². The van der Waals surface area contributed by atoms with Crippen molar-refractivity contribution in [2.45, 2.75) is 51.1 Å². The normalized spacial score (nSPS) is 18.7. The molecule has 3 aliphatic rings. The van der Waals surface area contributed by atoms with Crippen LogP contribution in [-0.4, -0.2) is 70.1 Å². The Morgan fingerprint density at radius 2 is 1.64 bits per heavy atom. The predicted molar refractivity (Wildman–Crippen MR) is 189 cm³/mol. The summed E-state index contributed by atoms with van der Waals surface area (Å²) >= 11 is 0. The smallest absolute Gasteiger partial charge is 0.272 e. The zero-order valence-corrected chi connectivity index (χ0v) is 28.4. The number of carbonyl (C=O) groups is 4. The Morgan fingerprint density at radius 1 is 0.900 bits per heavy atom. The average molecular weight is 672 g/mol. The molecule has 3 N–H and O–H groups in total. The minimum atomic E-state index is -0.756. The molecule has 7 rings (SSSR count). The van der Waals surface area contributed by atoms with E-state index >= 15 is 0 Å². The van der Waals surface area contributed by atoms with Crippen molar-refractivity contribution in [2.24, 2.45) is 5.41 Å². The molecule has 0 radical (unpaired) electrons. The van der Waals surface area contributed by atoms with E-state index in [-0.39, 0.29) is 36.7 Å². The first-order valence-electron chi connectivity index (χ1n) is 17.1. The number of amides is 4. The second-order valence-electron chi connectivity index (χ2n) is 13.8. The molecule has 4 heterocycles. The Hall–Kier alpha value is -5.42. The van der Waals surface area contributed by atoms with Gasteiger partial charge in [-0.1, -0.05) is 49.4 Å². The Kier molecular flexibility index (Phi) is 8.92. The number of aromatic nitrogens is 2. The number of nitrogens with zero attached hydrogens (tertiary/aromatic N) is 4. The second kappa shape index (κ2) is 13.5. The summed E-state index contributed by atoms with van der Waals surface area (Å²) in [5.74, 6) is -0.0175. The number of benzene rings is 2. The minimum absolute atomic E-state index is 0.0545. The molecule has 11 nitrogen and oxygen atoms in total. The molecule has 1 unspecified atom stereocenters. The molecule has 1 saturated heterocycles. The number of hydrogen-bond acceptors (Lipinski definition) is 7. The van der Waals surface area contributed by atoms with Gasteiger partial charge in [-0.15, -0.1) is 0 Å². The van der Waals surface area contributed by atoms with Crippen LogP contribution in [0.25, 0.3) is 0 Å². The van der Waals surface area contributed by atoms with Crippen molar-refractivity contribution in [3.05, 3.63) is 119 Å². The maximum atomic E-state index is 14.4. The third-order valence-corrected chi connectivity index (χ3v) is 10.5. The molecule has 0 bridgehead atoms. The van der Waals surface area contributed by atoms with Crippen LogP contribution in [0.3, 0.4) is 0 Å². The number of pyridine rings is 2. The number of likely N-dealkylation sites (tertiary alicyclic amines) is 1. The molecule has 256 valence electrons. The molecule has 1 aliphatic carbocycles. The van der Waals surface area contributed by atoms with Gasteiger partial charge in [-0.05, 0) is 85.3 Å². The van der Waals surface area contributed by atoms with Crippen LogP contribution in [0.5, 0.6) is 0 Å². The minimum Gasteiger partial charge on any atom is -0.337 e. The van der Waals surface area contributed by atoms with Crippen molar-refractivity contribution in [1.82, 2.24) is 25.1 Å². The molecule has 1 fully saturated rings. The van der Waals surface area contributed by atoms with E-state index in [2.05, 4.69) is 25.9 Å². The number of anilines is 2. The van der Waals surface area contributed by atoms with Gasteiger partial charge in [0.25, 0.3) is 5.91 Å². The molecule has 4 amide bonds. The van der Waals surface area contributed by atoms with Gasteiger partial charge in [0.1, 0.15) is 18.1 Å². The lowest BCUT2D eigenvalue weighted by Gasteiger charge is -2.41. The number of fused-ring (bicyclic) bond motifs is 3. The van der Waals surface area contributed by atoms with Crippen molar-refractivity contribution in [3.63, 3.8) is 0 Å². The third-order valence-electron chi connectivity index (χ3n) is 10.5. The highest BCUT2D eigenvalue weighted by atomic mass is 16.2. The highest BCUT2D eigenvalue weighted by Crippen LogP contribution is 2.47. The first kappa shape index (κ1) is 33.1. The largest absolute Gasteiger partial charge is 0.337 e. The standard InChI is InChI=1S/C39H41N7O4/c1-38(14-18-45(19-15-38)35(48)32-11-5-6-16-41-32)37(50)46(24-28-9-4-3-8-27(28)23-40-2)25-33(47)43-30-13-12-26-21-39(22-29(26)20-30)31-10-7-17-42-34(31)44-36(39)49/h3-13,16-17,20,40H,14-15,18-19,21-25H2,1-2H3,(H,43,47)(H,42,44,49). The van der Waals surface area contributed by atoms with Gasteiger partial charge in [-0.3, -0.25) is 24.2 Å². The predicted octanol–water partition coefficient (Wildman–Crippen LogP) is 4.09. The number of nitrogens with one attached hydrogen (secondary N) is 3. The average Bonchev–Trinajstić information content (AvgIpc) is 3.65. The van der Waals surface area contributed by atoms with Gasteiger partial charge in [-0.25, -0.2) is 4.98 Å². The molecule has 50 heavy (non-hydrogen) atoms. The van der Waals surface area contributed by atoms with E-state index in [9.17, 15) is 19.2 Å². The summed E-state index contributed by atoms with van der Waals surface area (Å²) in [4.78, 5) is 66.4. The fourth-order valence-electron chi connectivity index (χ4n) is 7.65. The molecule has 4 aromatic rings. The van der Waals surface area contributed by atoms with Crippen LogP contribution < -0.4 is 16.0 Å². The van der Waals surface area contributed by atoms with Crippen LogP contribution in [0.4, 0.5) is 11.5 Å². The van der Waals surface area contributed by atoms with E-state index in [0.29, 0.717) is 62.5 Å². The molecule has 2 aliphatic heterocycles. The summed E-state index contributed by atoms with van der Waals surface area (Å²) in [5.41, 5.74) is 4.52.